The van der Waals surface area contributed by atoms with Crippen molar-refractivity contribution in [2.75, 3.05) is 5.32 Å². The van der Waals surface area contributed by atoms with E-state index < -0.39 is 22.3 Å². The molecule has 1 N–H and O–H groups in total. The average molecular weight is 386 g/mol. The predicted octanol–water partition coefficient (Wildman–Crippen LogP) is 3.59. The van der Waals surface area contributed by atoms with Crippen LogP contribution >= 0.6 is 22.6 Å². The Morgan fingerprint density at radius 2 is 2.00 bits per heavy atom. The van der Waals surface area contributed by atoms with E-state index in [9.17, 15) is 19.3 Å². The molecule has 0 bridgehead atoms. The minimum atomic E-state index is -0.928. The molecule has 0 aromatic heterocycles. The second-order valence-corrected chi connectivity index (χ2v) is 5.13. The summed E-state index contributed by atoms with van der Waals surface area (Å²) in [6.07, 6.45) is 0. The number of amides is 1. The van der Waals surface area contributed by atoms with Gasteiger partial charge in [0, 0.05) is 15.3 Å². The van der Waals surface area contributed by atoms with Crippen LogP contribution in [0, 0.1) is 19.5 Å². The van der Waals surface area contributed by atoms with Crippen LogP contribution < -0.4 is 5.32 Å². The predicted molar refractivity (Wildman–Crippen MR) is 80.2 cm³/mol. The third-order valence-corrected chi connectivity index (χ3v) is 3.16. The number of rotatable bonds is 3. The van der Waals surface area contributed by atoms with E-state index in [2.05, 4.69) is 27.9 Å². The van der Waals surface area contributed by atoms with Crippen LogP contribution in [0.3, 0.4) is 0 Å². The number of nitrogens with one attached hydrogen (secondary N) is 1. The Labute approximate surface area is 127 Å². The number of benzene rings is 2. The highest BCUT2D eigenvalue weighted by molar-refractivity contribution is 14.1. The van der Waals surface area contributed by atoms with E-state index in [1.807, 2.05) is 6.07 Å². The summed E-state index contributed by atoms with van der Waals surface area (Å²) < 4.78 is 14.6. The Bertz CT molecular complexity index is 691. The fraction of sp³-hybridized carbons (Fsp3) is 0. The summed E-state index contributed by atoms with van der Waals surface area (Å²) in [5.41, 5.74) is -0.109. The van der Waals surface area contributed by atoms with Crippen molar-refractivity contribution in [2.45, 2.75) is 0 Å². The van der Waals surface area contributed by atoms with E-state index in [-0.39, 0.29) is 5.56 Å². The number of non-ortho nitro benzene ring substituents is 1. The summed E-state index contributed by atoms with van der Waals surface area (Å²) in [4.78, 5) is 21.7. The molecule has 102 valence electrons. The summed E-state index contributed by atoms with van der Waals surface area (Å²) in [5.74, 6) is -1.58. The Balaban J connectivity index is 2.23. The maximum absolute atomic E-state index is 13.7. The molecule has 0 fully saturated rings. The van der Waals surface area contributed by atoms with Gasteiger partial charge in [0.15, 0.2) is 0 Å². The smallest absolute Gasteiger partial charge is 0.272 e. The van der Waals surface area contributed by atoms with Gasteiger partial charge in [0.25, 0.3) is 11.6 Å². The van der Waals surface area contributed by atoms with Crippen LogP contribution in [0.15, 0.2) is 42.5 Å². The fourth-order valence-corrected chi connectivity index (χ4v) is 2.11. The molecule has 0 radical (unpaired) electrons. The van der Waals surface area contributed by atoms with Crippen molar-refractivity contribution in [1.82, 2.24) is 0 Å². The normalized spacial score (nSPS) is 10.1. The number of carbonyl (C=O) groups excluding carboxylic acids is 1. The standard InChI is InChI=1S/C13H8FIN2O3/c14-12-7-10(17(19)20)4-5-11(12)13(18)16-9-3-1-2-8(15)6-9/h1-7H,(H,16,18). The van der Waals surface area contributed by atoms with Crippen molar-refractivity contribution < 1.29 is 14.1 Å². The largest absolute Gasteiger partial charge is 0.322 e. The second-order valence-electron chi connectivity index (χ2n) is 3.89. The number of nitro benzene ring substituents is 1. The van der Waals surface area contributed by atoms with E-state index in [1.165, 1.54) is 0 Å². The van der Waals surface area contributed by atoms with Crippen LogP contribution in [0.25, 0.3) is 0 Å². The number of hydrogen-bond donors (Lipinski definition) is 1. The Morgan fingerprint density at radius 3 is 2.60 bits per heavy atom. The first-order valence-electron chi connectivity index (χ1n) is 5.48. The molecular weight excluding hydrogens is 378 g/mol. The molecule has 2 aromatic carbocycles. The molecule has 20 heavy (non-hydrogen) atoms. The topological polar surface area (TPSA) is 72.2 Å². The first-order chi connectivity index (χ1) is 9.47. The van der Waals surface area contributed by atoms with Gasteiger partial charge in [-0.05, 0) is 46.9 Å². The number of anilines is 1. The molecule has 2 aromatic rings. The van der Waals surface area contributed by atoms with E-state index >= 15 is 0 Å². The third-order valence-electron chi connectivity index (χ3n) is 2.49. The minimum Gasteiger partial charge on any atom is -0.322 e. The first-order valence-corrected chi connectivity index (χ1v) is 6.56. The second kappa shape index (κ2) is 5.95. The number of nitrogens with zero attached hydrogens (tertiary/aromatic N) is 1. The van der Waals surface area contributed by atoms with Gasteiger partial charge in [-0.15, -0.1) is 0 Å². The monoisotopic (exact) mass is 386 g/mol. The molecule has 5 nitrogen and oxygen atoms in total. The number of nitro groups is 1. The van der Waals surface area contributed by atoms with Crippen LogP contribution in [0.5, 0.6) is 0 Å². The molecule has 1 amide bonds. The molecule has 0 saturated carbocycles. The van der Waals surface area contributed by atoms with Crippen molar-refractivity contribution >= 4 is 39.9 Å². The maximum atomic E-state index is 13.7. The summed E-state index contributed by atoms with van der Waals surface area (Å²) in [6.45, 7) is 0. The van der Waals surface area contributed by atoms with Gasteiger partial charge in [0.2, 0.25) is 0 Å². The molecule has 0 aliphatic rings. The number of hydrogen-bond acceptors (Lipinski definition) is 3. The van der Waals surface area contributed by atoms with Crippen molar-refractivity contribution in [3.8, 4) is 0 Å². The summed E-state index contributed by atoms with van der Waals surface area (Å²) >= 11 is 2.08. The molecule has 0 spiro atoms. The molecule has 0 heterocycles. The van der Waals surface area contributed by atoms with E-state index in [0.717, 1.165) is 21.8 Å². The van der Waals surface area contributed by atoms with Crippen LogP contribution in [-0.4, -0.2) is 10.8 Å². The minimum absolute atomic E-state index is 0.241. The molecule has 7 heteroatoms. The number of carbonyl (C=O) groups is 1. The fourth-order valence-electron chi connectivity index (χ4n) is 1.57. The molecular formula is C13H8FIN2O3. The zero-order chi connectivity index (χ0) is 14.7. The maximum Gasteiger partial charge on any atom is 0.272 e. The third kappa shape index (κ3) is 3.29. The summed E-state index contributed by atoms with van der Waals surface area (Å²) in [7, 11) is 0. The van der Waals surface area contributed by atoms with E-state index in [0.29, 0.717) is 5.69 Å². The van der Waals surface area contributed by atoms with Gasteiger partial charge in [-0.25, -0.2) is 4.39 Å². The van der Waals surface area contributed by atoms with Gasteiger partial charge in [-0.1, -0.05) is 6.07 Å². The highest BCUT2D eigenvalue weighted by Gasteiger charge is 2.16. The lowest BCUT2D eigenvalue weighted by atomic mass is 10.1. The Kier molecular flexibility index (Phi) is 4.28. The average Bonchev–Trinajstić information content (AvgIpc) is 2.38. The lowest BCUT2D eigenvalue weighted by Crippen LogP contribution is -2.14. The van der Waals surface area contributed by atoms with Crippen molar-refractivity contribution in [2.24, 2.45) is 0 Å². The van der Waals surface area contributed by atoms with Crippen molar-refractivity contribution in [3.63, 3.8) is 0 Å². The highest BCUT2D eigenvalue weighted by atomic mass is 127. The van der Waals surface area contributed by atoms with Crippen molar-refractivity contribution in [1.29, 1.82) is 0 Å². The molecule has 0 aliphatic heterocycles. The quantitative estimate of drug-likeness (QED) is 0.498. The Hall–Kier alpha value is -2.03. The molecule has 0 atom stereocenters. The van der Waals surface area contributed by atoms with Crippen LogP contribution in [0.4, 0.5) is 15.8 Å². The van der Waals surface area contributed by atoms with Crippen molar-refractivity contribution in [3.05, 3.63) is 67.5 Å². The van der Waals surface area contributed by atoms with Gasteiger partial charge in [0.1, 0.15) is 5.82 Å². The van der Waals surface area contributed by atoms with Gasteiger partial charge >= 0.3 is 0 Å². The van der Waals surface area contributed by atoms with Crippen LogP contribution in [-0.2, 0) is 0 Å². The lowest BCUT2D eigenvalue weighted by molar-refractivity contribution is -0.385. The van der Waals surface area contributed by atoms with E-state index in [1.54, 1.807) is 18.2 Å². The molecule has 2 rings (SSSR count). The molecule has 0 unspecified atom stereocenters. The number of halogens is 2. The van der Waals surface area contributed by atoms with Gasteiger partial charge in [0.05, 0.1) is 16.6 Å². The zero-order valence-electron chi connectivity index (χ0n) is 9.97. The van der Waals surface area contributed by atoms with Gasteiger partial charge in [-0.3, -0.25) is 14.9 Å². The summed E-state index contributed by atoms with van der Waals surface area (Å²) in [5, 5.41) is 13.0. The zero-order valence-corrected chi connectivity index (χ0v) is 12.1. The van der Waals surface area contributed by atoms with Crippen LogP contribution in [0.2, 0.25) is 0 Å². The lowest BCUT2D eigenvalue weighted by Gasteiger charge is -2.06. The molecule has 0 saturated heterocycles. The molecule has 0 aliphatic carbocycles. The van der Waals surface area contributed by atoms with Crippen LogP contribution in [0.1, 0.15) is 10.4 Å². The Morgan fingerprint density at radius 1 is 1.25 bits per heavy atom. The van der Waals surface area contributed by atoms with Gasteiger partial charge < -0.3 is 5.32 Å². The highest BCUT2D eigenvalue weighted by Crippen LogP contribution is 2.18. The first kappa shape index (κ1) is 14.4. The van der Waals surface area contributed by atoms with E-state index in [4.69, 9.17) is 0 Å². The SMILES string of the molecule is O=C(Nc1cccc(I)c1)c1ccc([N+](=O)[O-])cc1F. The van der Waals surface area contributed by atoms with Gasteiger partial charge in [-0.2, -0.15) is 0 Å². The summed E-state index contributed by atoms with van der Waals surface area (Å²) in [6, 6.07) is 9.91.